The molecule has 2 rings (SSSR count). The largest absolute Gasteiger partial charge is 0.0613 e. The summed E-state index contributed by atoms with van der Waals surface area (Å²) in [5.41, 5.74) is 6.59. The first-order valence-corrected chi connectivity index (χ1v) is 5.79. The van der Waals surface area contributed by atoms with Crippen LogP contribution >= 0.6 is 0 Å². The van der Waals surface area contributed by atoms with Gasteiger partial charge in [0.1, 0.15) is 0 Å². The Hall–Kier alpha value is -1.56. The van der Waals surface area contributed by atoms with Crippen molar-refractivity contribution in [2.45, 2.75) is 27.2 Å². The highest BCUT2D eigenvalue weighted by Gasteiger charge is 2.05. The van der Waals surface area contributed by atoms with Gasteiger partial charge in [0.2, 0.25) is 0 Å². The molecular formula is C16H17. The predicted molar refractivity (Wildman–Crippen MR) is 69.6 cm³/mol. The fraction of sp³-hybridized carbons (Fsp3) is 0.250. The van der Waals surface area contributed by atoms with Gasteiger partial charge < -0.3 is 0 Å². The summed E-state index contributed by atoms with van der Waals surface area (Å²) in [6.07, 6.45) is 1.09. The number of benzene rings is 2. The van der Waals surface area contributed by atoms with Crippen LogP contribution in [0.3, 0.4) is 0 Å². The van der Waals surface area contributed by atoms with Crippen molar-refractivity contribution >= 4 is 0 Å². The molecule has 0 saturated carbocycles. The van der Waals surface area contributed by atoms with Crippen molar-refractivity contribution in [1.82, 2.24) is 0 Å². The molecule has 2 aromatic rings. The maximum atomic E-state index is 3.26. The highest BCUT2D eigenvalue weighted by Crippen LogP contribution is 2.27. The van der Waals surface area contributed by atoms with E-state index in [2.05, 4.69) is 57.2 Å². The lowest BCUT2D eigenvalue weighted by Crippen LogP contribution is -1.89. The zero-order valence-corrected chi connectivity index (χ0v) is 10.2. The second-order valence-electron chi connectivity index (χ2n) is 4.21. The molecule has 0 aromatic heterocycles. The van der Waals surface area contributed by atoms with Crippen molar-refractivity contribution in [1.29, 1.82) is 0 Å². The molecule has 1 radical (unpaired) electrons. The van der Waals surface area contributed by atoms with E-state index in [4.69, 9.17) is 0 Å². The van der Waals surface area contributed by atoms with Crippen molar-refractivity contribution < 1.29 is 0 Å². The van der Waals surface area contributed by atoms with Gasteiger partial charge >= 0.3 is 0 Å². The summed E-state index contributed by atoms with van der Waals surface area (Å²) in [7, 11) is 0. The Labute approximate surface area is 97.9 Å². The molecule has 0 aliphatic carbocycles. The molecule has 0 aliphatic rings. The lowest BCUT2D eigenvalue weighted by molar-refractivity contribution is 1.14. The molecule has 0 atom stereocenters. The first kappa shape index (κ1) is 10.9. The van der Waals surface area contributed by atoms with E-state index in [0.717, 1.165) is 6.42 Å². The zero-order valence-electron chi connectivity index (χ0n) is 10.2. The van der Waals surface area contributed by atoms with Gasteiger partial charge in [0.05, 0.1) is 0 Å². The predicted octanol–water partition coefficient (Wildman–Crippen LogP) is 4.33. The van der Waals surface area contributed by atoms with E-state index in [9.17, 15) is 0 Å². The van der Waals surface area contributed by atoms with Crippen LogP contribution in [0.15, 0.2) is 36.4 Å². The Balaban J connectivity index is 2.59. The van der Waals surface area contributed by atoms with E-state index in [0.29, 0.717) is 0 Å². The second-order valence-corrected chi connectivity index (χ2v) is 4.21. The summed E-state index contributed by atoms with van der Waals surface area (Å²) in [5.74, 6) is 0. The number of rotatable bonds is 2. The maximum absolute atomic E-state index is 3.26. The van der Waals surface area contributed by atoms with Crippen LogP contribution in [0, 0.1) is 19.9 Å². The Morgan fingerprint density at radius 3 is 2.56 bits per heavy atom. The minimum atomic E-state index is 1.09. The highest BCUT2D eigenvalue weighted by atomic mass is 14.1. The Morgan fingerprint density at radius 2 is 1.88 bits per heavy atom. The number of hydrogen-bond donors (Lipinski definition) is 0. The molecule has 81 valence electrons. The molecule has 16 heavy (non-hydrogen) atoms. The van der Waals surface area contributed by atoms with Crippen LogP contribution in [0.25, 0.3) is 11.1 Å². The third-order valence-corrected chi connectivity index (χ3v) is 3.06. The van der Waals surface area contributed by atoms with Crippen molar-refractivity contribution in [3.63, 3.8) is 0 Å². The van der Waals surface area contributed by atoms with Crippen LogP contribution in [-0.2, 0) is 6.42 Å². The highest BCUT2D eigenvalue weighted by molar-refractivity contribution is 5.70. The van der Waals surface area contributed by atoms with E-state index in [1.165, 1.54) is 27.8 Å². The van der Waals surface area contributed by atoms with Crippen LogP contribution in [0.1, 0.15) is 23.6 Å². The average Bonchev–Trinajstić information content (AvgIpc) is 2.31. The summed E-state index contributed by atoms with van der Waals surface area (Å²) in [6, 6.07) is 16.2. The van der Waals surface area contributed by atoms with Crippen LogP contribution in [0.2, 0.25) is 0 Å². The third kappa shape index (κ3) is 2.01. The van der Waals surface area contributed by atoms with E-state index in [1.54, 1.807) is 0 Å². The first-order valence-electron chi connectivity index (χ1n) is 5.79. The van der Waals surface area contributed by atoms with Gasteiger partial charge in [-0.1, -0.05) is 43.3 Å². The molecular weight excluding hydrogens is 192 g/mol. The van der Waals surface area contributed by atoms with Crippen LogP contribution in [0.4, 0.5) is 0 Å². The van der Waals surface area contributed by atoms with Crippen molar-refractivity contribution in [3.8, 4) is 11.1 Å². The molecule has 0 N–H and O–H groups in total. The third-order valence-electron chi connectivity index (χ3n) is 3.06. The smallest absolute Gasteiger partial charge is 0.0146 e. The average molecular weight is 209 g/mol. The van der Waals surface area contributed by atoms with Gasteiger partial charge in [0.25, 0.3) is 0 Å². The fourth-order valence-corrected chi connectivity index (χ4v) is 1.99. The standard InChI is InChI=1S/C16H17/c1-4-14-10-9-13(3)16(11-14)15-8-6-5-7-12(15)2/h5-6,8-11H,4H2,1-3H3. The normalized spacial score (nSPS) is 10.4. The minimum absolute atomic E-state index is 1.09. The summed E-state index contributed by atoms with van der Waals surface area (Å²) >= 11 is 0. The monoisotopic (exact) mass is 209 g/mol. The molecule has 0 unspecified atom stereocenters. The molecule has 0 aliphatic heterocycles. The van der Waals surface area contributed by atoms with Crippen LogP contribution in [0.5, 0.6) is 0 Å². The second kappa shape index (κ2) is 4.52. The lowest BCUT2D eigenvalue weighted by atomic mass is 9.94. The molecule has 0 saturated heterocycles. The summed E-state index contributed by atoms with van der Waals surface area (Å²) < 4.78 is 0. The molecule has 0 fully saturated rings. The Morgan fingerprint density at radius 1 is 1.06 bits per heavy atom. The van der Waals surface area contributed by atoms with Gasteiger partial charge in [0.15, 0.2) is 0 Å². The number of hydrogen-bond acceptors (Lipinski definition) is 0. The molecule has 0 spiro atoms. The fourth-order valence-electron chi connectivity index (χ4n) is 1.99. The van der Waals surface area contributed by atoms with Crippen molar-refractivity contribution in [3.05, 3.63) is 59.2 Å². The minimum Gasteiger partial charge on any atom is -0.0613 e. The van der Waals surface area contributed by atoms with Crippen LogP contribution in [-0.4, -0.2) is 0 Å². The molecule has 2 aromatic carbocycles. The Kier molecular flexibility index (Phi) is 3.09. The van der Waals surface area contributed by atoms with Crippen molar-refractivity contribution in [2.24, 2.45) is 0 Å². The topological polar surface area (TPSA) is 0 Å². The molecule has 0 heterocycles. The van der Waals surface area contributed by atoms with Crippen LogP contribution < -0.4 is 0 Å². The lowest BCUT2D eigenvalue weighted by Gasteiger charge is -2.10. The van der Waals surface area contributed by atoms with Gasteiger partial charge in [-0.3, -0.25) is 0 Å². The SMILES string of the molecule is CCc1ccc(C)c(-c2ccc[c]c2C)c1. The molecule has 0 heteroatoms. The van der Waals surface area contributed by atoms with Gasteiger partial charge in [-0.2, -0.15) is 0 Å². The first-order chi connectivity index (χ1) is 7.72. The van der Waals surface area contributed by atoms with Gasteiger partial charge in [-0.15, -0.1) is 0 Å². The van der Waals surface area contributed by atoms with E-state index in [1.807, 2.05) is 6.07 Å². The van der Waals surface area contributed by atoms with Gasteiger partial charge in [-0.25, -0.2) is 0 Å². The van der Waals surface area contributed by atoms with Gasteiger partial charge in [-0.05, 0) is 54.2 Å². The van der Waals surface area contributed by atoms with E-state index >= 15 is 0 Å². The summed E-state index contributed by atoms with van der Waals surface area (Å²) in [6.45, 7) is 6.48. The Bertz CT molecular complexity index is 495. The quantitative estimate of drug-likeness (QED) is 0.690. The maximum Gasteiger partial charge on any atom is -0.0146 e. The molecule has 0 bridgehead atoms. The molecule has 0 amide bonds. The zero-order chi connectivity index (χ0) is 11.5. The summed E-state index contributed by atoms with van der Waals surface area (Å²) in [4.78, 5) is 0. The van der Waals surface area contributed by atoms with E-state index < -0.39 is 0 Å². The number of aryl methyl sites for hydroxylation is 3. The van der Waals surface area contributed by atoms with E-state index in [-0.39, 0.29) is 0 Å². The molecule has 0 nitrogen and oxygen atoms in total. The van der Waals surface area contributed by atoms with Crippen molar-refractivity contribution in [2.75, 3.05) is 0 Å². The summed E-state index contributed by atoms with van der Waals surface area (Å²) in [5, 5.41) is 0. The van der Waals surface area contributed by atoms with Gasteiger partial charge in [0, 0.05) is 0 Å².